The van der Waals surface area contributed by atoms with Crippen LogP contribution in [0.2, 0.25) is 0 Å². The fourth-order valence-electron chi connectivity index (χ4n) is 1.56. The van der Waals surface area contributed by atoms with Crippen molar-refractivity contribution in [3.63, 3.8) is 0 Å². The molecule has 0 aromatic heterocycles. The lowest BCUT2D eigenvalue weighted by atomic mass is 9.96. The van der Waals surface area contributed by atoms with E-state index in [2.05, 4.69) is 0 Å². The molecule has 0 aliphatic rings. The Kier molecular flexibility index (Phi) is 4.05. The summed E-state index contributed by atoms with van der Waals surface area (Å²) >= 11 is 0. The van der Waals surface area contributed by atoms with E-state index in [0.717, 1.165) is 6.42 Å². The quantitative estimate of drug-likeness (QED) is 0.771. The van der Waals surface area contributed by atoms with Gasteiger partial charge < -0.3 is 4.90 Å². The predicted molar refractivity (Wildman–Crippen MR) is 63.1 cm³/mol. The lowest BCUT2D eigenvalue weighted by Crippen LogP contribution is -2.23. The van der Waals surface area contributed by atoms with Crippen LogP contribution >= 0.6 is 0 Å². The van der Waals surface area contributed by atoms with Crippen molar-refractivity contribution in [2.45, 2.75) is 26.2 Å². The summed E-state index contributed by atoms with van der Waals surface area (Å²) in [4.78, 5) is 13.1. The zero-order valence-corrected chi connectivity index (χ0v) is 10.2. The molecule has 3 heteroatoms. The van der Waals surface area contributed by atoms with Crippen LogP contribution in [0.25, 0.3) is 0 Å². The van der Waals surface area contributed by atoms with Gasteiger partial charge in [0.05, 0.1) is 5.56 Å². The molecular weight excluding hydrogens is 205 g/mol. The minimum atomic E-state index is -0.379. The molecule has 0 saturated heterocycles. The molecule has 1 aromatic carbocycles. The van der Waals surface area contributed by atoms with Gasteiger partial charge in [-0.15, -0.1) is 0 Å². The molecule has 0 aliphatic heterocycles. The number of carbonyl (C=O) groups excluding carboxylic acids is 1. The molecule has 1 atom stereocenters. The van der Waals surface area contributed by atoms with E-state index >= 15 is 0 Å². The predicted octanol–water partition coefficient (Wildman–Crippen LogP) is 3.04. The number of rotatable bonds is 3. The third kappa shape index (κ3) is 2.40. The Balaban J connectivity index is 3.18. The van der Waals surface area contributed by atoms with Crippen LogP contribution in [-0.4, -0.2) is 24.9 Å². The number of nitrogens with zero attached hydrogens (tertiary/aromatic N) is 1. The van der Waals surface area contributed by atoms with E-state index < -0.39 is 0 Å². The third-order valence-corrected chi connectivity index (χ3v) is 2.81. The Hall–Kier alpha value is -1.38. The molecule has 0 fully saturated rings. The maximum Gasteiger partial charge on any atom is 0.256 e. The average molecular weight is 223 g/mol. The molecule has 1 unspecified atom stereocenters. The molecule has 0 radical (unpaired) electrons. The van der Waals surface area contributed by atoms with E-state index in [4.69, 9.17) is 0 Å². The van der Waals surface area contributed by atoms with Crippen LogP contribution in [0.15, 0.2) is 18.2 Å². The van der Waals surface area contributed by atoms with E-state index in [-0.39, 0.29) is 23.2 Å². The van der Waals surface area contributed by atoms with Crippen molar-refractivity contribution < 1.29 is 9.18 Å². The summed E-state index contributed by atoms with van der Waals surface area (Å²) in [5.74, 6) is -0.534. The summed E-state index contributed by atoms with van der Waals surface area (Å²) in [5, 5.41) is 0. The Morgan fingerprint density at radius 3 is 2.56 bits per heavy atom. The second kappa shape index (κ2) is 5.10. The van der Waals surface area contributed by atoms with Crippen molar-refractivity contribution in [1.82, 2.24) is 4.90 Å². The first kappa shape index (κ1) is 12.7. The van der Waals surface area contributed by atoms with Gasteiger partial charge in [-0.25, -0.2) is 4.39 Å². The van der Waals surface area contributed by atoms with Gasteiger partial charge in [0, 0.05) is 14.1 Å². The minimum Gasteiger partial charge on any atom is -0.345 e. The zero-order valence-electron chi connectivity index (χ0n) is 10.2. The molecule has 0 saturated carbocycles. The number of halogens is 1. The lowest BCUT2D eigenvalue weighted by Gasteiger charge is -2.15. The first-order valence-corrected chi connectivity index (χ1v) is 5.49. The monoisotopic (exact) mass is 223 g/mol. The van der Waals surface area contributed by atoms with E-state index in [1.165, 1.54) is 11.0 Å². The highest BCUT2D eigenvalue weighted by molar-refractivity contribution is 5.94. The van der Waals surface area contributed by atoms with Crippen LogP contribution in [0.3, 0.4) is 0 Å². The average Bonchev–Trinajstić information content (AvgIpc) is 2.27. The maximum atomic E-state index is 14.1. The summed E-state index contributed by atoms with van der Waals surface area (Å²) in [5.41, 5.74) is 0.776. The summed E-state index contributed by atoms with van der Waals surface area (Å²) in [6.45, 7) is 3.97. The molecule has 88 valence electrons. The Bertz CT molecular complexity index is 388. The van der Waals surface area contributed by atoms with Crippen molar-refractivity contribution in [3.8, 4) is 0 Å². The fraction of sp³-hybridized carbons (Fsp3) is 0.462. The number of hydrogen-bond acceptors (Lipinski definition) is 1. The van der Waals surface area contributed by atoms with E-state index in [0.29, 0.717) is 5.56 Å². The van der Waals surface area contributed by atoms with Crippen LogP contribution in [0.1, 0.15) is 42.1 Å². The summed E-state index contributed by atoms with van der Waals surface area (Å²) in [6, 6.07) is 5.01. The maximum absolute atomic E-state index is 14.1. The Labute approximate surface area is 96.1 Å². The van der Waals surface area contributed by atoms with Crippen molar-refractivity contribution in [2.24, 2.45) is 0 Å². The van der Waals surface area contributed by atoms with Crippen LogP contribution in [0, 0.1) is 5.82 Å². The first-order chi connectivity index (χ1) is 7.49. The number of benzene rings is 1. The Morgan fingerprint density at radius 1 is 1.44 bits per heavy atom. The summed E-state index contributed by atoms with van der Waals surface area (Å²) in [6.07, 6.45) is 0.858. The molecule has 16 heavy (non-hydrogen) atoms. The molecule has 0 aliphatic carbocycles. The van der Waals surface area contributed by atoms with Gasteiger partial charge in [0.1, 0.15) is 5.82 Å². The first-order valence-electron chi connectivity index (χ1n) is 5.49. The van der Waals surface area contributed by atoms with Gasteiger partial charge in [-0.2, -0.15) is 0 Å². The SMILES string of the molecule is CCC(C)c1cccc(C(=O)N(C)C)c1F. The molecule has 0 bridgehead atoms. The van der Waals surface area contributed by atoms with Crippen molar-refractivity contribution >= 4 is 5.91 Å². The van der Waals surface area contributed by atoms with Crippen LogP contribution in [0.4, 0.5) is 4.39 Å². The van der Waals surface area contributed by atoms with Crippen molar-refractivity contribution in [1.29, 1.82) is 0 Å². The molecule has 0 heterocycles. The van der Waals surface area contributed by atoms with Gasteiger partial charge in [0.25, 0.3) is 5.91 Å². The number of hydrogen-bond donors (Lipinski definition) is 0. The standard InChI is InChI=1S/C13H18FNO/c1-5-9(2)10-7-6-8-11(12(10)14)13(16)15(3)4/h6-9H,5H2,1-4H3. The zero-order chi connectivity index (χ0) is 12.3. The largest absolute Gasteiger partial charge is 0.345 e. The number of amides is 1. The van der Waals surface area contributed by atoms with Gasteiger partial charge in [0.2, 0.25) is 0 Å². The Morgan fingerprint density at radius 2 is 2.06 bits per heavy atom. The van der Waals surface area contributed by atoms with Gasteiger partial charge in [-0.3, -0.25) is 4.79 Å². The smallest absolute Gasteiger partial charge is 0.256 e. The van der Waals surface area contributed by atoms with Crippen LogP contribution < -0.4 is 0 Å². The molecule has 0 spiro atoms. The van der Waals surface area contributed by atoms with Crippen LogP contribution in [-0.2, 0) is 0 Å². The molecule has 1 rings (SSSR count). The normalized spacial score (nSPS) is 12.3. The van der Waals surface area contributed by atoms with Crippen molar-refractivity contribution in [3.05, 3.63) is 35.1 Å². The van der Waals surface area contributed by atoms with E-state index in [1.54, 1.807) is 26.2 Å². The summed E-state index contributed by atoms with van der Waals surface area (Å²) in [7, 11) is 3.25. The lowest BCUT2D eigenvalue weighted by molar-refractivity contribution is 0.0823. The second-order valence-corrected chi connectivity index (χ2v) is 4.22. The van der Waals surface area contributed by atoms with E-state index in [1.807, 2.05) is 13.8 Å². The molecule has 0 N–H and O–H groups in total. The number of carbonyl (C=O) groups is 1. The van der Waals surface area contributed by atoms with E-state index in [9.17, 15) is 9.18 Å². The van der Waals surface area contributed by atoms with Crippen LogP contribution in [0.5, 0.6) is 0 Å². The highest BCUT2D eigenvalue weighted by Crippen LogP contribution is 2.24. The second-order valence-electron chi connectivity index (χ2n) is 4.22. The molecular formula is C13H18FNO. The topological polar surface area (TPSA) is 20.3 Å². The van der Waals surface area contributed by atoms with Gasteiger partial charge in [0.15, 0.2) is 0 Å². The fourth-order valence-corrected chi connectivity index (χ4v) is 1.56. The molecule has 2 nitrogen and oxygen atoms in total. The summed E-state index contributed by atoms with van der Waals surface area (Å²) < 4.78 is 14.1. The van der Waals surface area contributed by atoms with Crippen molar-refractivity contribution in [2.75, 3.05) is 14.1 Å². The van der Waals surface area contributed by atoms with Gasteiger partial charge in [-0.1, -0.05) is 26.0 Å². The molecule has 1 aromatic rings. The highest BCUT2D eigenvalue weighted by Gasteiger charge is 2.18. The van der Waals surface area contributed by atoms with Gasteiger partial charge >= 0.3 is 0 Å². The molecule has 1 amide bonds. The third-order valence-electron chi connectivity index (χ3n) is 2.81. The van der Waals surface area contributed by atoms with Gasteiger partial charge in [-0.05, 0) is 24.0 Å². The highest BCUT2D eigenvalue weighted by atomic mass is 19.1. The minimum absolute atomic E-state index is 0.134.